The lowest BCUT2D eigenvalue weighted by Crippen LogP contribution is -2.46. The van der Waals surface area contributed by atoms with Gasteiger partial charge in [-0.1, -0.05) is 35.7 Å². The van der Waals surface area contributed by atoms with Gasteiger partial charge >= 0.3 is 0 Å². The second-order valence-electron chi connectivity index (χ2n) is 8.07. The molecule has 0 N–H and O–H groups in total. The molecule has 0 bridgehead atoms. The standard InChI is InChI=1S/C23H30Cl2N4O/c1-18-8-9-21-23(26-18)29(16-17-30-21)11-4-2-3-10-27-12-14-28(15-13-27)20-7-5-6-19(24)22(20)25/h5-9H,2-4,10-17H2,1H3. The Morgan fingerprint density at radius 3 is 2.57 bits per heavy atom. The molecule has 1 aromatic carbocycles. The molecule has 1 saturated heterocycles. The summed E-state index contributed by atoms with van der Waals surface area (Å²) in [5.41, 5.74) is 2.10. The summed E-state index contributed by atoms with van der Waals surface area (Å²) in [4.78, 5) is 12.0. The van der Waals surface area contributed by atoms with Crippen molar-refractivity contribution in [2.24, 2.45) is 0 Å². The third-order valence-electron chi connectivity index (χ3n) is 5.94. The van der Waals surface area contributed by atoms with Crippen LogP contribution in [0.25, 0.3) is 0 Å². The molecule has 5 nitrogen and oxygen atoms in total. The third kappa shape index (κ3) is 5.13. The average Bonchev–Trinajstić information content (AvgIpc) is 2.76. The highest BCUT2D eigenvalue weighted by Gasteiger charge is 2.21. The number of halogens is 2. The summed E-state index contributed by atoms with van der Waals surface area (Å²) in [7, 11) is 0. The van der Waals surface area contributed by atoms with Crippen LogP contribution < -0.4 is 14.5 Å². The first-order valence-corrected chi connectivity index (χ1v) is 11.6. The van der Waals surface area contributed by atoms with Crippen LogP contribution in [-0.2, 0) is 0 Å². The number of unbranched alkanes of at least 4 members (excludes halogenated alkanes) is 2. The van der Waals surface area contributed by atoms with E-state index in [1.165, 1.54) is 19.3 Å². The van der Waals surface area contributed by atoms with Crippen molar-refractivity contribution in [3.8, 4) is 5.75 Å². The SMILES string of the molecule is Cc1ccc2c(n1)N(CCCCCN1CCN(c3cccc(Cl)c3Cl)CC1)CCO2. The molecular weight excluding hydrogens is 419 g/mol. The molecule has 2 aliphatic heterocycles. The molecule has 0 spiro atoms. The van der Waals surface area contributed by atoms with Crippen molar-refractivity contribution in [1.29, 1.82) is 0 Å². The van der Waals surface area contributed by atoms with Crippen molar-refractivity contribution in [3.05, 3.63) is 46.1 Å². The average molecular weight is 449 g/mol. The number of hydrogen-bond acceptors (Lipinski definition) is 5. The van der Waals surface area contributed by atoms with Crippen LogP contribution in [0.5, 0.6) is 5.75 Å². The Morgan fingerprint density at radius 1 is 0.933 bits per heavy atom. The Balaban J connectivity index is 1.16. The van der Waals surface area contributed by atoms with E-state index in [-0.39, 0.29) is 0 Å². The van der Waals surface area contributed by atoms with Crippen LogP contribution in [0.15, 0.2) is 30.3 Å². The second-order valence-corrected chi connectivity index (χ2v) is 8.86. The van der Waals surface area contributed by atoms with Gasteiger partial charge in [-0.2, -0.15) is 0 Å². The van der Waals surface area contributed by atoms with Gasteiger partial charge in [-0.15, -0.1) is 0 Å². The molecule has 0 amide bonds. The maximum absolute atomic E-state index is 6.38. The normalized spacial score (nSPS) is 17.0. The number of fused-ring (bicyclic) bond motifs is 1. The zero-order valence-corrected chi connectivity index (χ0v) is 19.1. The Bertz CT molecular complexity index is 855. The summed E-state index contributed by atoms with van der Waals surface area (Å²) >= 11 is 12.6. The number of ether oxygens (including phenoxy) is 1. The first kappa shape index (κ1) is 21.5. The predicted molar refractivity (Wildman–Crippen MR) is 126 cm³/mol. The molecule has 30 heavy (non-hydrogen) atoms. The Morgan fingerprint density at radius 2 is 1.73 bits per heavy atom. The molecule has 162 valence electrons. The van der Waals surface area contributed by atoms with Crippen molar-refractivity contribution in [2.75, 3.05) is 62.2 Å². The monoisotopic (exact) mass is 448 g/mol. The number of aryl methyl sites for hydroxylation is 1. The van der Waals surface area contributed by atoms with Crippen molar-refractivity contribution < 1.29 is 4.74 Å². The molecule has 2 aromatic rings. The lowest BCUT2D eigenvalue weighted by Gasteiger charge is -2.36. The van der Waals surface area contributed by atoms with Gasteiger partial charge in [0.05, 0.1) is 22.3 Å². The van der Waals surface area contributed by atoms with Crippen molar-refractivity contribution in [2.45, 2.75) is 26.2 Å². The second kappa shape index (κ2) is 10.1. The number of piperazine rings is 1. The number of benzene rings is 1. The summed E-state index contributed by atoms with van der Waals surface area (Å²) < 4.78 is 5.74. The quantitative estimate of drug-likeness (QED) is 0.562. The summed E-state index contributed by atoms with van der Waals surface area (Å²) in [5.74, 6) is 1.93. The molecule has 1 aromatic heterocycles. The van der Waals surface area contributed by atoms with Gasteiger partial charge in [0.25, 0.3) is 0 Å². The van der Waals surface area contributed by atoms with Crippen LogP contribution in [0.4, 0.5) is 11.5 Å². The highest BCUT2D eigenvalue weighted by Crippen LogP contribution is 2.33. The number of nitrogens with zero attached hydrogens (tertiary/aromatic N) is 4. The minimum atomic E-state index is 0.629. The predicted octanol–water partition coefficient (Wildman–Crippen LogP) is 4.89. The fourth-order valence-electron chi connectivity index (χ4n) is 4.22. The molecule has 2 aliphatic rings. The third-order valence-corrected chi connectivity index (χ3v) is 6.75. The molecule has 0 atom stereocenters. The maximum Gasteiger partial charge on any atom is 0.171 e. The first-order valence-electron chi connectivity index (χ1n) is 10.9. The maximum atomic E-state index is 6.38. The number of aromatic nitrogens is 1. The van der Waals surface area contributed by atoms with Gasteiger partial charge in [0.15, 0.2) is 11.6 Å². The minimum Gasteiger partial charge on any atom is -0.488 e. The molecular formula is C23H30Cl2N4O. The Kier molecular flexibility index (Phi) is 7.24. The van der Waals surface area contributed by atoms with Crippen LogP contribution >= 0.6 is 23.2 Å². The van der Waals surface area contributed by atoms with Gasteiger partial charge in [-0.25, -0.2) is 4.98 Å². The van der Waals surface area contributed by atoms with E-state index in [4.69, 9.17) is 27.9 Å². The minimum absolute atomic E-state index is 0.629. The number of anilines is 2. The topological polar surface area (TPSA) is 31.8 Å². The van der Waals surface area contributed by atoms with Crippen LogP contribution in [-0.4, -0.2) is 62.3 Å². The van der Waals surface area contributed by atoms with E-state index < -0.39 is 0 Å². The Labute approximate surface area is 189 Å². The molecule has 7 heteroatoms. The van der Waals surface area contributed by atoms with E-state index in [2.05, 4.69) is 25.8 Å². The Hall–Kier alpha value is -1.69. The molecule has 0 aliphatic carbocycles. The van der Waals surface area contributed by atoms with Gasteiger partial charge in [-0.05, 0) is 50.6 Å². The smallest absolute Gasteiger partial charge is 0.171 e. The summed E-state index contributed by atoms with van der Waals surface area (Å²) in [5, 5.41) is 1.30. The molecule has 1 fully saturated rings. The van der Waals surface area contributed by atoms with Crippen LogP contribution in [0.2, 0.25) is 10.0 Å². The van der Waals surface area contributed by atoms with E-state index in [1.54, 1.807) is 0 Å². The molecule has 0 radical (unpaired) electrons. The molecule has 3 heterocycles. The van der Waals surface area contributed by atoms with E-state index in [1.807, 2.05) is 31.2 Å². The van der Waals surface area contributed by atoms with Gasteiger partial charge in [0.2, 0.25) is 0 Å². The molecule has 0 saturated carbocycles. The van der Waals surface area contributed by atoms with Gasteiger partial charge in [0.1, 0.15) is 6.61 Å². The van der Waals surface area contributed by atoms with Crippen LogP contribution in [0.3, 0.4) is 0 Å². The van der Waals surface area contributed by atoms with Crippen molar-refractivity contribution in [1.82, 2.24) is 9.88 Å². The number of rotatable bonds is 7. The van der Waals surface area contributed by atoms with Gasteiger partial charge in [-0.3, -0.25) is 4.90 Å². The zero-order chi connectivity index (χ0) is 20.9. The van der Waals surface area contributed by atoms with E-state index in [9.17, 15) is 0 Å². The van der Waals surface area contributed by atoms with Crippen LogP contribution in [0.1, 0.15) is 25.0 Å². The fourth-order valence-corrected chi connectivity index (χ4v) is 4.64. The van der Waals surface area contributed by atoms with Gasteiger partial charge in [0, 0.05) is 38.4 Å². The highest BCUT2D eigenvalue weighted by atomic mass is 35.5. The fraction of sp³-hybridized carbons (Fsp3) is 0.522. The van der Waals surface area contributed by atoms with Crippen LogP contribution in [0, 0.1) is 6.92 Å². The van der Waals surface area contributed by atoms with E-state index >= 15 is 0 Å². The summed E-state index contributed by atoms with van der Waals surface area (Å²) in [6.45, 7) is 10.1. The summed E-state index contributed by atoms with van der Waals surface area (Å²) in [6.07, 6.45) is 3.66. The van der Waals surface area contributed by atoms with E-state index in [0.717, 1.165) is 75.4 Å². The first-order chi connectivity index (χ1) is 14.6. The molecule has 0 unspecified atom stereocenters. The zero-order valence-electron chi connectivity index (χ0n) is 17.6. The number of pyridine rings is 1. The van der Waals surface area contributed by atoms with E-state index in [0.29, 0.717) is 10.0 Å². The molecule has 4 rings (SSSR count). The lowest BCUT2D eigenvalue weighted by molar-refractivity contribution is 0.252. The van der Waals surface area contributed by atoms with Crippen molar-refractivity contribution >= 4 is 34.7 Å². The largest absolute Gasteiger partial charge is 0.488 e. The van der Waals surface area contributed by atoms with Gasteiger partial charge < -0.3 is 14.5 Å². The number of hydrogen-bond donors (Lipinski definition) is 0. The highest BCUT2D eigenvalue weighted by molar-refractivity contribution is 6.43. The summed E-state index contributed by atoms with van der Waals surface area (Å²) in [6, 6.07) is 9.93. The lowest BCUT2D eigenvalue weighted by atomic mass is 10.2. The van der Waals surface area contributed by atoms with Crippen molar-refractivity contribution in [3.63, 3.8) is 0 Å².